The zero-order valence-corrected chi connectivity index (χ0v) is 18.7. The molecule has 0 saturated carbocycles. The first-order chi connectivity index (χ1) is 12.6. The molecule has 0 bridgehead atoms. The number of nitrogens with zero attached hydrogens (tertiary/aromatic N) is 3. The van der Waals surface area contributed by atoms with Gasteiger partial charge in [-0.2, -0.15) is 0 Å². The fourth-order valence-corrected chi connectivity index (χ4v) is 3.51. The Hall–Kier alpha value is -1.77. The third-order valence-corrected chi connectivity index (χ3v) is 5.01. The largest absolute Gasteiger partial charge is 0.361 e. The molecule has 1 aromatic carbocycles. The number of hydrogen-bond acceptors (Lipinski definition) is 2. The molecule has 0 radical (unpaired) electrons. The third-order valence-electron chi connectivity index (χ3n) is 5.01. The van der Waals surface area contributed by atoms with Crippen molar-refractivity contribution >= 4 is 46.7 Å². The van der Waals surface area contributed by atoms with Gasteiger partial charge < -0.3 is 20.1 Å². The number of H-pyrrole nitrogens is 1. The van der Waals surface area contributed by atoms with Crippen LogP contribution in [0.2, 0.25) is 0 Å². The van der Waals surface area contributed by atoms with Crippen LogP contribution in [0, 0.1) is 6.92 Å². The first-order valence-corrected chi connectivity index (χ1v) is 9.44. The number of aryl methyl sites for hydroxylation is 1. The second kappa shape index (κ2) is 9.96. The van der Waals surface area contributed by atoms with Crippen molar-refractivity contribution in [2.45, 2.75) is 27.2 Å². The molecule has 3 rings (SSSR count). The molecule has 1 aromatic heterocycles. The van der Waals surface area contributed by atoms with E-state index < -0.39 is 0 Å². The van der Waals surface area contributed by atoms with Gasteiger partial charge in [0, 0.05) is 63.3 Å². The highest BCUT2D eigenvalue weighted by atomic mass is 127. The maximum atomic E-state index is 11.5. The van der Waals surface area contributed by atoms with Gasteiger partial charge >= 0.3 is 0 Å². The molecule has 6 nitrogen and oxygen atoms in total. The van der Waals surface area contributed by atoms with Crippen molar-refractivity contribution in [1.29, 1.82) is 0 Å². The van der Waals surface area contributed by atoms with E-state index in [4.69, 9.17) is 4.99 Å². The van der Waals surface area contributed by atoms with Gasteiger partial charge in [-0.15, -0.1) is 24.0 Å². The van der Waals surface area contributed by atoms with Gasteiger partial charge in [-0.25, -0.2) is 0 Å². The third kappa shape index (κ3) is 5.15. The van der Waals surface area contributed by atoms with Crippen molar-refractivity contribution in [3.8, 4) is 0 Å². The molecule has 148 valence electrons. The second-order valence-corrected chi connectivity index (χ2v) is 6.79. The first-order valence-electron chi connectivity index (χ1n) is 9.44. The van der Waals surface area contributed by atoms with Crippen molar-refractivity contribution < 1.29 is 4.79 Å². The van der Waals surface area contributed by atoms with E-state index in [1.165, 1.54) is 22.0 Å². The van der Waals surface area contributed by atoms with Crippen LogP contribution in [0.5, 0.6) is 0 Å². The molecule has 2 aromatic rings. The molecule has 0 spiro atoms. The normalized spacial score (nSPS) is 15.0. The van der Waals surface area contributed by atoms with Gasteiger partial charge in [-0.1, -0.05) is 18.2 Å². The van der Waals surface area contributed by atoms with E-state index in [0.29, 0.717) is 0 Å². The van der Waals surface area contributed by atoms with Crippen LogP contribution >= 0.6 is 24.0 Å². The highest BCUT2D eigenvalue weighted by Crippen LogP contribution is 2.21. The van der Waals surface area contributed by atoms with Gasteiger partial charge in [0.1, 0.15) is 0 Å². The number of carbonyl (C=O) groups is 1. The Morgan fingerprint density at radius 2 is 1.93 bits per heavy atom. The number of rotatable bonds is 4. The average Bonchev–Trinajstić information content (AvgIpc) is 3.06. The number of nitrogens with one attached hydrogen (secondary N) is 2. The van der Waals surface area contributed by atoms with Crippen molar-refractivity contribution in [2.75, 3.05) is 39.3 Å². The Balaban J connectivity index is 0.00000261. The molecular weight excluding hydrogens is 453 g/mol. The molecule has 1 aliphatic rings. The summed E-state index contributed by atoms with van der Waals surface area (Å²) in [5, 5.41) is 4.68. The minimum atomic E-state index is 0. The first kappa shape index (κ1) is 21.5. The molecule has 27 heavy (non-hydrogen) atoms. The number of piperazine rings is 1. The molecule has 1 saturated heterocycles. The molecule has 2 heterocycles. The summed E-state index contributed by atoms with van der Waals surface area (Å²) in [6.45, 7) is 10.6. The predicted octanol–water partition coefficient (Wildman–Crippen LogP) is 2.77. The quantitative estimate of drug-likeness (QED) is 0.400. The summed E-state index contributed by atoms with van der Waals surface area (Å²) in [7, 11) is 0. The Kier molecular flexibility index (Phi) is 7.94. The number of para-hydroxylation sites is 1. The Morgan fingerprint density at radius 3 is 2.59 bits per heavy atom. The summed E-state index contributed by atoms with van der Waals surface area (Å²) in [5.41, 5.74) is 3.80. The van der Waals surface area contributed by atoms with E-state index in [9.17, 15) is 4.79 Å². The van der Waals surface area contributed by atoms with Gasteiger partial charge in [0.15, 0.2) is 5.96 Å². The number of aliphatic imine (C=N–C) groups is 1. The summed E-state index contributed by atoms with van der Waals surface area (Å²) in [5.74, 6) is 1.10. The topological polar surface area (TPSA) is 63.7 Å². The van der Waals surface area contributed by atoms with Gasteiger partial charge in [0.2, 0.25) is 5.91 Å². The Bertz CT molecular complexity index is 793. The van der Waals surface area contributed by atoms with Gasteiger partial charge in [-0.05, 0) is 31.4 Å². The standard InChI is InChI=1S/C20H29N5O.HI/c1-4-21-20(25-12-10-24(11-13-25)16(3)26)22-9-8-17-14-23-19-15(2)6-5-7-18(17)19;/h5-7,14,23H,4,8-13H2,1-3H3,(H,21,22);1H. The van der Waals surface area contributed by atoms with Crippen LogP contribution in [0.15, 0.2) is 29.4 Å². The lowest BCUT2D eigenvalue weighted by molar-refractivity contribution is -0.130. The summed E-state index contributed by atoms with van der Waals surface area (Å²) < 4.78 is 0. The van der Waals surface area contributed by atoms with E-state index in [2.05, 4.69) is 53.4 Å². The zero-order valence-electron chi connectivity index (χ0n) is 16.4. The van der Waals surface area contributed by atoms with Crippen LogP contribution in [0.25, 0.3) is 10.9 Å². The summed E-state index contributed by atoms with van der Waals surface area (Å²) in [4.78, 5) is 23.9. The van der Waals surface area contributed by atoms with E-state index >= 15 is 0 Å². The lowest BCUT2D eigenvalue weighted by atomic mass is 10.1. The van der Waals surface area contributed by atoms with Crippen LogP contribution < -0.4 is 5.32 Å². The number of benzene rings is 1. The number of guanidine groups is 1. The maximum absolute atomic E-state index is 11.5. The van der Waals surface area contributed by atoms with E-state index in [1.807, 2.05) is 4.90 Å². The van der Waals surface area contributed by atoms with Crippen LogP contribution in [0.3, 0.4) is 0 Å². The molecule has 0 atom stereocenters. The van der Waals surface area contributed by atoms with Crippen LogP contribution in [0.1, 0.15) is 25.0 Å². The van der Waals surface area contributed by atoms with Crippen molar-refractivity contribution in [3.63, 3.8) is 0 Å². The fraction of sp³-hybridized carbons (Fsp3) is 0.500. The molecular formula is C20H30IN5O. The Morgan fingerprint density at radius 1 is 1.22 bits per heavy atom. The maximum Gasteiger partial charge on any atom is 0.219 e. The van der Waals surface area contributed by atoms with Gasteiger partial charge in [-0.3, -0.25) is 9.79 Å². The summed E-state index contributed by atoms with van der Waals surface area (Å²) >= 11 is 0. The highest BCUT2D eigenvalue weighted by molar-refractivity contribution is 14.0. The second-order valence-electron chi connectivity index (χ2n) is 6.79. The smallest absolute Gasteiger partial charge is 0.219 e. The SMILES string of the molecule is CCNC(=NCCc1c[nH]c2c(C)cccc12)N1CCN(C(C)=O)CC1.I. The zero-order chi connectivity index (χ0) is 18.5. The molecule has 7 heteroatoms. The van der Waals surface area contributed by atoms with Gasteiger partial charge in [0.25, 0.3) is 0 Å². The molecule has 0 aliphatic carbocycles. The average molecular weight is 483 g/mol. The number of aromatic amines is 1. The molecule has 2 N–H and O–H groups in total. The van der Waals surface area contributed by atoms with E-state index in [1.54, 1.807) is 6.92 Å². The van der Waals surface area contributed by atoms with Crippen LogP contribution in [-0.4, -0.2) is 65.9 Å². The van der Waals surface area contributed by atoms with Crippen molar-refractivity contribution in [3.05, 3.63) is 35.5 Å². The summed E-state index contributed by atoms with van der Waals surface area (Å²) in [6.07, 6.45) is 3.01. The number of amides is 1. The van der Waals surface area contributed by atoms with Gasteiger partial charge in [0.05, 0.1) is 0 Å². The van der Waals surface area contributed by atoms with E-state index in [-0.39, 0.29) is 29.9 Å². The molecule has 1 fully saturated rings. The lowest BCUT2D eigenvalue weighted by Crippen LogP contribution is -2.53. The van der Waals surface area contributed by atoms with Crippen LogP contribution in [-0.2, 0) is 11.2 Å². The number of hydrogen-bond donors (Lipinski definition) is 2. The molecule has 0 unspecified atom stereocenters. The van der Waals surface area contributed by atoms with Crippen LogP contribution in [0.4, 0.5) is 0 Å². The van der Waals surface area contributed by atoms with Crippen molar-refractivity contribution in [1.82, 2.24) is 20.1 Å². The number of aromatic nitrogens is 1. The van der Waals surface area contributed by atoms with Crippen molar-refractivity contribution in [2.24, 2.45) is 4.99 Å². The highest BCUT2D eigenvalue weighted by Gasteiger charge is 2.20. The van der Waals surface area contributed by atoms with E-state index in [0.717, 1.165) is 51.6 Å². The number of halogens is 1. The predicted molar refractivity (Wildman–Crippen MR) is 122 cm³/mol. The fourth-order valence-electron chi connectivity index (χ4n) is 3.51. The monoisotopic (exact) mass is 483 g/mol. The minimum Gasteiger partial charge on any atom is -0.361 e. The summed E-state index contributed by atoms with van der Waals surface area (Å²) in [6, 6.07) is 6.41. The lowest BCUT2D eigenvalue weighted by Gasteiger charge is -2.36. The molecule has 1 aliphatic heterocycles. The number of carbonyl (C=O) groups excluding carboxylic acids is 1. The minimum absolute atomic E-state index is 0. The Labute approximate surface area is 178 Å². The number of fused-ring (bicyclic) bond motifs is 1. The molecule has 1 amide bonds.